The second kappa shape index (κ2) is 30.3. The number of hydrogen-bond acceptors (Lipinski definition) is 6. The maximum atomic E-state index is 12.5. The van der Waals surface area contributed by atoms with Crippen LogP contribution in [0.2, 0.25) is 0 Å². The van der Waals surface area contributed by atoms with E-state index >= 15 is 0 Å². The molecule has 0 aromatic rings. The molecule has 8 heteroatoms. The van der Waals surface area contributed by atoms with Crippen LogP contribution in [0.3, 0.4) is 0 Å². The zero-order chi connectivity index (χ0) is 31.2. The van der Waals surface area contributed by atoms with E-state index in [1.165, 1.54) is 122 Å². The molecule has 42 heavy (non-hydrogen) atoms. The Hall–Kier alpha value is -0.750. The van der Waals surface area contributed by atoms with Gasteiger partial charge >= 0.3 is 13.8 Å². The molecule has 3 N–H and O–H groups in total. The Kier molecular flexibility index (Phi) is 29.7. The number of phosphoric acid groups is 1. The van der Waals surface area contributed by atoms with Crippen molar-refractivity contribution in [3.8, 4) is 0 Å². The molecule has 2 unspecified atom stereocenters. The zero-order valence-electron chi connectivity index (χ0n) is 27.6. The number of ketones is 1. The molecule has 0 amide bonds. The normalized spacial score (nSPS) is 13.6. The number of rotatable bonds is 33. The van der Waals surface area contributed by atoms with Gasteiger partial charge in [0.1, 0.15) is 6.10 Å². The molecule has 250 valence electrons. The summed E-state index contributed by atoms with van der Waals surface area (Å²) < 4.78 is 22.0. The molecular formula is C34H68NO6P. The van der Waals surface area contributed by atoms with Crippen LogP contribution in [0.25, 0.3) is 0 Å². The van der Waals surface area contributed by atoms with E-state index in [2.05, 4.69) is 13.8 Å². The minimum atomic E-state index is -4.68. The Labute approximate surface area is 259 Å². The van der Waals surface area contributed by atoms with Crippen molar-refractivity contribution in [3.05, 3.63) is 0 Å². The lowest BCUT2D eigenvalue weighted by atomic mass is 10.0. The van der Waals surface area contributed by atoms with Crippen LogP contribution in [-0.4, -0.2) is 29.3 Å². The Morgan fingerprint density at radius 2 is 0.881 bits per heavy atom. The predicted molar refractivity (Wildman–Crippen MR) is 175 cm³/mol. The Morgan fingerprint density at radius 3 is 1.21 bits per heavy atom. The van der Waals surface area contributed by atoms with Crippen LogP contribution >= 0.6 is 7.82 Å². The number of carbonyl (C=O) groups is 2. The summed E-state index contributed by atoms with van der Waals surface area (Å²) in [5, 5.41) is 0. The van der Waals surface area contributed by atoms with Crippen LogP contribution in [0, 0.1) is 0 Å². The molecule has 0 aliphatic rings. The maximum absolute atomic E-state index is 12.5. The van der Waals surface area contributed by atoms with Crippen molar-refractivity contribution in [2.75, 3.05) is 6.54 Å². The number of carbonyl (C=O) groups excluding carboxylic acids is 2. The summed E-state index contributed by atoms with van der Waals surface area (Å²) in [7, 11) is -4.68. The van der Waals surface area contributed by atoms with Gasteiger partial charge in [-0.2, -0.15) is 0 Å². The monoisotopic (exact) mass is 617 g/mol. The number of hydrogen-bond donors (Lipinski definition) is 2. The third kappa shape index (κ3) is 28.0. The molecule has 0 bridgehead atoms. The summed E-state index contributed by atoms with van der Waals surface area (Å²) in [4.78, 5) is 34.5. The largest absolute Gasteiger partial charge is 0.530 e. The molecule has 0 saturated carbocycles. The highest BCUT2D eigenvalue weighted by molar-refractivity contribution is 7.48. The molecule has 0 aromatic heterocycles. The molecule has 0 spiro atoms. The average molecular weight is 618 g/mol. The number of nitrogens with two attached hydrogens (primary N) is 1. The second-order valence-corrected chi connectivity index (χ2v) is 13.5. The fraction of sp³-hybridized carbons (Fsp3) is 0.941. The first-order chi connectivity index (χ1) is 20.4. The summed E-state index contributed by atoms with van der Waals surface area (Å²) in [6, 6.07) is 0. The summed E-state index contributed by atoms with van der Waals surface area (Å²) in [6.45, 7) is 4.26. The molecule has 0 aliphatic heterocycles. The minimum Gasteiger partial charge on any atom is -0.371 e. The van der Waals surface area contributed by atoms with E-state index in [4.69, 9.17) is 14.8 Å². The lowest BCUT2D eigenvalue weighted by Crippen LogP contribution is -2.32. The van der Waals surface area contributed by atoms with Gasteiger partial charge in [0.25, 0.3) is 0 Å². The Bertz CT molecular complexity index is 674. The van der Waals surface area contributed by atoms with Crippen molar-refractivity contribution in [2.24, 2.45) is 5.73 Å². The van der Waals surface area contributed by atoms with E-state index < -0.39 is 19.9 Å². The van der Waals surface area contributed by atoms with Crippen molar-refractivity contribution in [1.82, 2.24) is 0 Å². The van der Waals surface area contributed by atoms with Gasteiger partial charge in [0.2, 0.25) is 0 Å². The van der Waals surface area contributed by atoms with Gasteiger partial charge < -0.3 is 10.3 Å². The molecule has 0 rings (SSSR count). The summed E-state index contributed by atoms with van der Waals surface area (Å²) in [5.74, 6) is -1.09. The highest BCUT2D eigenvalue weighted by Crippen LogP contribution is 2.45. The van der Waals surface area contributed by atoms with Crippen LogP contribution in [0.4, 0.5) is 0 Å². The first-order valence-electron chi connectivity index (χ1n) is 17.8. The number of Topliss-reactive ketones (excluding diaryl/α,β-unsaturated/α-hetero) is 1. The van der Waals surface area contributed by atoms with E-state index in [0.717, 1.165) is 32.1 Å². The SMILES string of the molecule is CCCCCCCCCCCCCCCC(=O)OP(=O)(O)OC(CN)C(=O)CCCCCCCCCCCCCCC. The topological polar surface area (TPSA) is 116 Å². The third-order valence-corrected chi connectivity index (χ3v) is 9.02. The van der Waals surface area contributed by atoms with Gasteiger partial charge in [-0.1, -0.05) is 168 Å². The highest BCUT2D eigenvalue weighted by atomic mass is 31.2. The van der Waals surface area contributed by atoms with E-state index in [-0.39, 0.29) is 25.2 Å². The van der Waals surface area contributed by atoms with E-state index in [9.17, 15) is 19.0 Å². The van der Waals surface area contributed by atoms with Crippen molar-refractivity contribution >= 4 is 19.6 Å². The fourth-order valence-electron chi connectivity index (χ4n) is 5.35. The van der Waals surface area contributed by atoms with Crippen molar-refractivity contribution < 1.29 is 28.1 Å². The third-order valence-electron chi connectivity index (χ3n) is 8.06. The van der Waals surface area contributed by atoms with E-state index in [1.807, 2.05) is 0 Å². The lowest BCUT2D eigenvalue weighted by molar-refractivity contribution is -0.138. The van der Waals surface area contributed by atoms with Crippen LogP contribution in [-0.2, 0) is 23.2 Å². The van der Waals surface area contributed by atoms with Crippen LogP contribution < -0.4 is 5.73 Å². The van der Waals surface area contributed by atoms with E-state index in [0.29, 0.717) is 12.8 Å². The van der Waals surface area contributed by atoms with Gasteiger partial charge in [0.05, 0.1) is 0 Å². The molecule has 0 saturated heterocycles. The first-order valence-corrected chi connectivity index (χ1v) is 19.3. The molecular weight excluding hydrogens is 549 g/mol. The molecule has 0 radical (unpaired) electrons. The summed E-state index contributed by atoms with van der Waals surface area (Å²) in [5.41, 5.74) is 5.63. The van der Waals surface area contributed by atoms with Crippen LogP contribution in [0.5, 0.6) is 0 Å². The summed E-state index contributed by atoms with van der Waals surface area (Å²) >= 11 is 0. The smallest absolute Gasteiger partial charge is 0.371 e. The van der Waals surface area contributed by atoms with Crippen LogP contribution in [0.15, 0.2) is 0 Å². The van der Waals surface area contributed by atoms with Crippen molar-refractivity contribution in [1.29, 1.82) is 0 Å². The molecule has 0 aromatic carbocycles. The zero-order valence-corrected chi connectivity index (χ0v) is 28.5. The van der Waals surface area contributed by atoms with Gasteiger partial charge in [0, 0.05) is 19.4 Å². The average Bonchev–Trinajstić information content (AvgIpc) is 2.96. The maximum Gasteiger partial charge on any atom is 0.530 e. The fourth-order valence-corrected chi connectivity index (χ4v) is 6.27. The molecule has 7 nitrogen and oxygen atoms in total. The van der Waals surface area contributed by atoms with Crippen molar-refractivity contribution in [3.63, 3.8) is 0 Å². The Morgan fingerprint density at radius 1 is 0.571 bits per heavy atom. The minimum absolute atomic E-state index is 0.0614. The standard InChI is InChI=1S/C34H68NO6P/c1-3-5-7-9-11-13-15-17-19-21-23-25-27-29-32(36)33(31-35)40-42(38,39)41-34(37)30-28-26-24-22-20-18-16-14-12-10-8-6-4-2/h33H,3-31,35H2,1-2H3,(H,38,39). The summed E-state index contributed by atoms with van der Waals surface area (Å²) in [6.07, 6.45) is 30.3. The lowest BCUT2D eigenvalue weighted by Gasteiger charge is -2.18. The molecule has 0 aliphatic carbocycles. The number of unbranched alkanes of at least 4 members (excludes halogenated alkanes) is 24. The number of phosphoric ester groups is 1. The molecule has 0 heterocycles. The Balaban J connectivity index is 3.82. The van der Waals surface area contributed by atoms with Gasteiger partial charge in [-0.3, -0.25) is 19.0 Å². The van der Waals surface area contributed by atoms with Gasteiger partial charge in [-0.15, -0.1) is 0 Å². The quantitative estimate of drug-likeness (QED) is 0.0556. The first kappa shape index (κ1) is 41.2. The second-order valence-electron chi connectivity index (χ2n) is 12.2. The predicted octanol–water partition coefficient (Wildman–Crippen LogP) is 10.5. The van der Waals surface area contributed by atoms with Gasteiger partial charge in [0.15, 0.2) is 5.78 Å². The molecule has 2 atom stereocenters. The molecule has 0 fully saturated rings. The highest BCUT2D eigenvalue weighted by Gasteiger charge is 2.32. The van der Waals surface area contributed by atoms with Gasteiger partial charge in [-0.05, 0) is 12.8 Å². The van der Waals surface area contributed by atoms with Crippen molar-refractivity contribution in [2.45, 2.75) is 200 Å². The van der Waals surface area contributed by atoms with Crippen LogP contribution in [0.1, 0.15) is 194 Å². The van der Waals surface area contributed by atoms with Gasteiger partial charge in [-0.25, -0.2) is 4.57 Å². The van der Waals surface area contributed by atoms with E-state index in [1.54, 1.807) is 0 Å².